The van der Waals surface area contributed by atoms with Crippen LogP contribution in [-0.2, 0) is 16.1 Å². The quantitative estimate of drug-likeness (QED) is 0.474. The Labute approximate surface area is 125 Å². The van der Waals surface area contributed by atoms with Gasteiger partial charge in [0.05, 0.1) is 6.61 Å². The third-order valence-electron chi connectivity index (χ3n) is 3.06. The van der Waals surface area contributed by atoms with Crippen molar-refractivity contribution >= 4 is 23.4 Å². The summed E-state index contributed by atoms with van der Waals surface area (Å²) in [5.41, 5.74) is 0.945. The molecule has 1 aromatic heterocycles. The Morgan fingerprint density at radius 3 is 2.80 bits per heavy atom. The van der Waals surface area contributed by atoms with Crippen molar-refractivity contribution < 1.29 is 14.6 Å². The second-order valence-electron chi connectivity index (χ2n) is 4.79. The minimum absolute atomic E-state index is 0.575. The first-order valence-electron chi connectivity index (χ1n) is 7.29. The lowest BCUT2D eigenvalue weighted by Gasteiger charge is -2.04. The summed E-state index contributed by atoms with van der Waals surface area (Å²) in [4.78, 5) is 11.6. The molecule has 112 valence electrons. The topological polar surface area (TPSA) is 46.5 Å². The summed E-state index contributed by atoms with van der Waals surface area (Å²) in [6.45, 7) is 3.58. The van der Waals surface area contributed by atoms with Gasteiger partial charge in [-0.1, -0.05) is 39.0 Å². The van der Waals surface area contributed by atoms with Gasteiger partial charge in [0, 0.05) is 17.6 Å². The normalized spacial score (nSPS) is 11.2. The van der Waals surface area contributed by atoms with E-state index in [0.29, 0.717) is 6.61 Å². The third-order valence-corrected chi connectivity index (χ3v) is 3.97. The fourth-order valence-electron chi connectivity index (χ4n) is 1.93. The van der Waals surface area contributed by atoms with E-state index in [4.69, 9.17) is 9.84 Å². The number of ether oxygens (including phenoxy) is 1. The van der Waals surface area contributed by atoms with Crippen LogP contribution in [0.3, 0.4) is 0 Å². The van der Waals surface area contributed by atoms with Gasteiger partial charge < -0.3 is 9.84 Å². The zero-order chi connectivity index (χ0) is 14.6. The van der Waals surface area contributed by atoms with Gasteiger partial charge in [-0.15, -0.1) is 11.3 Å². The molecule has 0 fully saturated rings. The maximum absolute atomic E-state index is 10.5. The number of carboxylic acids is 1. The lowest BCUT2D eigenvalue weighted by molar-refractivity contribution is -0.131. The fourth-order valence-corrected chi connectivity index (χ4v) is 2.73. The van der Waals surface area contributed by atoms with Gasteiger partial charge in [0.2, 0.25) is 0 Å². The van der Waals surface area contributed by atoms with E-state index in [1.807, 2.05) is 11.4 Å². The Morgan fingerprint density at radius 2 is 2.05 bits per heavy atom. The molecule has 1 rings (SSSR count). The van der Waals surface area contributed by atoms with Gasteiger partial charge in [-0.05, 0) is 29.5 Å². The number of thiophene rings is 1. The molecule has 0 unspecified atom stereocenters. The molecule has 0 aliphatic rings. The van der Waals surface area contributed by atoms with Crippen molar-refractivity contribution in [3.8, 4) is 0 Å². The summed E-state index contributed by atoms with van der Waals surface area (Å²) in [5.74, 6) is -0.921. The van der Waals surface area contributed by atoms with E-state index in [1.165, 1.54) is 38.2 Å². The fraction of sp³-hybridized carbons (Fsp3) is 0.562. The molecule has 0 spiro atoms. The van der Waals surface area contributed by atoms with Crippen LogP contribution < -0.4 is 0 Å². The molecule has 1 aromatic rings. The second-order valence-corrected chi connectivity index (χ2v) is 5.79. The number of carboxylic acid groups (broad SMARTS) is 1. The van der Waals surface area contributed by atoms with Gasteiger partial charge in [0.1, 0.15) is 0 Å². The Hall–Kier alpha value is -1.13. The van der Waals surface area contributed by atoms with Gasteiger partial charge >= 0.3 is 5.97 Å². The molecule has 1 N–H and O–H groups in total. The molecule has 0 saturated carbocycles. The molecule has 20 heavy (non-hydrogen) atoms. The van der Waals surface area contributed by atoms with E-state index in [2.05, 4.69) is 6.92 Å². The highest BCUT2D eigenvalue weighted by atomic mass is 32.1. The number of hydrogen-bond acceptors (Lipinski definition) is 3. The number of hydrogen-bond donors (Lipinski definition) is 1. The first kappa shape index (κ1) is 16.9. The Bertz CT molecular complexity index is 410. The number of rotatable bonds is 11. The van der Waals surface area contributed by atoms with E-state index in [9.17, 15) is 4.79 Å². The summed E-state index contributed by atoms with van der Waals surface area (Å²) in [5, 5.41) is 10.6. The molecule has 3 nitrogen and oxygen atoms in total. The summed E-state index contributed by atoms with van der Waals surface area (Å²) < 4.78 is 5.66. The highest BCUT2D eigenvalue weighted by Gasteiger charge is 2.02. The van der Waals surface area contributed by atoms with Gasteiger partial charge in [-0.25, -0.2) is 4.79 Å². The smallest absolute Gasteiger partial charge is 0.328 e. The Balaban J connectivity index is 2.16. The predicted molar refractivity (Wildman–Crippen MR) is 84.0 cm³/mol. The van der Waals surface area contributed by atoms with Crippen LogP contribution in [0, 0.1) is 0 Å². The SMILES string of the molecule is CCCCCCCCOCc1sccc1C=CC(=O)O. The van der Waals surface area contributed by atoms with Crippen molar-refractivity contribution in [2.75, 3.05) is 6.61 Å². The average molecular weight is 296 g/mol. The van der Waals surface area contributed by atoms with E-state index < -0.39 is 5.97 Å². The molecule has 0 aromatic carbocycles. The van der Waals surface area contributed by atoms with Gasteiger partial charge in [-0.3, -0.25) is 0 Å². The monoisotopic (exact) mass is 296 g/mol. The molecule has 0 atom stereocenters. The second kappa shape index (κ2) is 10.6. The maximum Gasteiger partial charge on any atom is 0.328 e. The van der Waals surface area contributed by atoms with Crippen molar-refractivity contribution in [1.29, 1.82) is 0 Å². The molecule has 0 saturated heterocycles. The molecule has 0 aliphatic heterocycles. The lowest BCUT2D eigenvalue weighted by Crippen LogP contribution is -1.95. The number of aliphatic carboxylic acids is 1. The summed E-state index contributed by atoms with van der Waals surface area (Å²) in [6.07, 6.45) is 10.4. The van der Waals surface area contributed by atoms with Crippen molar-refractivity contribution in [2.24, 2.45) is 0 Å². The molecule has 1 heterocycles. The first-order valence-corrected chi connectivity index (χ1v) is 8.17. The van der Waals surface area contributed by atoms with E-state index in [0.717, 1.165) is 23.5 Å². The van der Waals surface area contributed by atoms with Gasteiger partial charge in [0.25, 0.3) is 0 Å². The zero-order valence-electron chi connectivity index (χ0n) is 12.1. The molecule has 0 aliphatic carbocycles. The zero-order valence-corrected chi connectivity index (χ0v) is 13.0. The lowest BCUT2D eigenvalue weighted by atomic mass is 10.1. The van der Waals surface area contributed by atoms with Crippen LogP contribution in [0.1, 0.15) is 55.9 Å². The van der Waals surface area contributed by atoms with Gasteiger partial charge in [-0.2, -0.15) is 0 Å². The van der Waals surface area contributed by atoms with Crippen molar-refractivity contribution in [1.82, 2.24) is 0 Å². The third kappa shape index (κ3) is 7.46. The minimum Gasteiger partial charge on any atom is -0.478 e. The van der Waals surface area contributed by atoms with Crippen molar-refractivity contribution in [3.63, 3.8) is 0 Å². The summed E-state index contributed by atoms with van der Waals surface area (Å²) >= 11 is 1.61. The molecule has 0 bridgehead atoms. The van der Waals surface area contributed by atoms with E-state index >= 15 is 0 Å². The first-order chi connectivity index (χ1) is 9.74. The molecule has 4 heteroatoms. The molecule has 0 radical (unpaired) electrons. The van der Waals surface area contributed by atoms with Crippen LogP contribution in [0.25, 0.3) is 6.08 Å². The van der Waals surface area contributed by atoms with Crippen LogP contribution >= 0.6 is 11.3 Å². The molecular weight excluding hydrogens is 272 g/mol. The highest BCUT2D eigenvalue weighted by molar-refractivity contribution is 7.10. The molecule has 0 amide bonds. The van der Waals surface area contributed by atoms with Crippen LogP contribution in [0.4, 0.5) is 0 Å². The van der Waals surface area contributed by atoms with Crippen molar-refractivity contribution in [3.05, 3.63) is 28.0 Å². The Morgan fingerprint density at radius 1 is 1.30 bits per heavy atom. The number of carbonyl (C=O) groups is 1. The largest absolute Gasteiger partial charge is 0.478 e. The predicted octanol–water partition coefficient (Wildman–Crippen LogP) is 4.72. The highest BCUT2D eigenvalue weighted by Crippen LogP contribution is 2.19. The van der Waals surface area contributed by atoms with Crippen LogP contribution in [0.2, 0.25) is 0 Å². The van der Waals surface area contributed by atoms with Crippen molar-refractivity contribution in [2.45, 2.75) is 52.1 Å². The van der Waals surface area contributed by atoms with E-state index in [-0.39, 0.29) is 0 Å². The average Bonchev–Trinajstić information content (AvgIpc) is 2.87. The van der Waals surface area contributed by atoms with Gasteiger partial charge in [0.15, 0.2) is 0 Å². The number of unbranched alkanes of at least 4 members (excludes halogenated alkanes) is 5. The summed E-state index contributed by atoms with van der Waals surface area (Å²) in [7, 11) is 0. The van der Waals surface area contributed by atoms with E-state index in [1.54, 1.807) is 17.4 Å². The van der Waals surface area contributed by atoms with Crippen LogP contribution in [-0.4, -0.2) is 17.7 Å². The Kier molecular flexibility index (Phi) is 9.00. The van der Waals surface area contributed by atoms with Crippen LogP contribution in [0.5, 0.6) is 0 Å². The minimum atomic E-state index is -0.921. The standard InChI is InChI=1S/C16H24O3S/c1-2-3-4-5-6-7-11-19-13-15-14(10-12-20-15)8-9-16(17)18/h8-10,12H,2-7,11,13H2,1H3,(H,17,18). The summed E-state index contributed by atoms with van der Waals surface area (Å²) in [6, 6.07) is 1.92. The molecular formula is C16H24O3S. The maximum atomic E-state index is 10.5. The van der Waals surface area contributed by atoms with Crippen LogP contribution in [0.15, 0.2) is 17.5 Å².